The molecule has 2 amide bonds. The Kier molecular flexibility index (Phi) is 4.69. The Morgan fingerprint density at radius 1 is 1.32 bits per heavy atom. The highest BCUT2D eigenvalue weighted by molar-refractivity contribution is 5.95. The molecule has 3 rings (SSSR count). The maximum absolute atomic E-state index is 12.7. The quantitative estimate of drug-likeness (QED) is 0.495. The van der Waals surface area contributed by atoms with E-state index in [9.17, 15) is 19.7 Å². The van der Waals surface area contributed by atoms with Gasteiger partial charge in [-0.1, -0.05) is 12.1 Å². The molecule has 2 aliphatic rings. The van der Waals surface area contributed by atoms with Gasteiger partial charge in [0.25, 0.3) is 5.69 Å². The fraction of sp³-hybridized carbons (Fsp3) is 0.412. The van der Waals surface area contributed by atoms with Crippen LogP contribution in [0.4, 0.5) is 10.5 Å². The molecule has 8 heteroatoms. The van der Waals surface area contributed by atoms with Crippen LogP contribution in [0, 0.1) is 10.1 Å². The van der Waals surface area contributed by atoms with Crippen LogP contribution in [-0.4, -0.2) is 23.0 Å². The number of carbonyl (C=O) groups excluding carboxylic acids is 2. The molecule has 1 heterocycles. The fourth-order valence-electron chi connectivity index (χ4n) is 3.25. The second kappa shape index (κ2) is 6.92. The molecule has 25 heavy (non-hydrogen) atoms. The van der Waals surface area contributed by atoms with Crippen molar-refractivity contribution in [3.63, 3.8) is 0 Å². The van der Waals surface area contributed by atoms with E-state index < -0.39 is 23.0 Å². The van der Waals surface area contributed by atoms with Gasteiger partial charge >= 0.3 is 12.0 Å². The van der Waals surface area contributed by atoms with Crippen LogP contribution in [-0.2, 0) is 9.53 Å². The molecule has 0 radical (unpaired) electrons. The van der Waals surface area contributed by atoms with E-state index in [0.717, 1.165) is 25.7 Å². The van der Waals surface area contributed by atoms with Crippen molar-refractivity contribution in [3.8, 4) is 0 Å². The third kappa shape index (κ3) is 3.62. The van der Waals surface area contributed by atoms with Crippen molar-refractivity contribution in [1.82, 2.24) is 10.6 Å². The van der Waals surface area contributed by atoms with Gasteiger partial charge in [0.05, 0.1) is 16.5 Å². The van der Waals surface area contributed by atoms with Crippen LogP contribution < -0.4 is 10.6 Å². The first kappa shape index (κ1) is 16.9. The fourth-order valence-corrected chi connectivity index (χ4v) is 3.25. The largest absolute Gasteiger partial charge is 0.459 e. The number of nitro benzene ring substituents is 1. The van der Waals surface area contributed by atoms with E-state index in [2.05, 4.69) is 10.6 Å². The van der Waals surface area contributed by atoms with Crippen LogP contribution in [0.2, 0.25) is 0 Å². The van der Waals surface area contributed by atoms with E-state index in [0.29, 0.717) is 11.3 Å². The number of carbonyl (C=O) groups is 2. The number of hydrogen-bond donors (Lipinski definition) is 2. The first-order valence-electron chi connectivity index (χ1n) is 8.19. The van der Waals surface area contributed by atoms with Gasteiger partial charge in [-0.15, -0.1) is 0 Å². The van der Waals surface area contributed by atoms with Crippen molar-refractivity contribution >= 4 is 17.7 Å². The number of ether oxygens (including phenoxy) is 1. The van der Waals surface area contributed by atoms with Crippen molar-refractivity contribution in [2.24, 2.45) is 0 Å². The Labute approximate surface area is 144 Å². The number of allylic oxidation sites excluding steroid dienone is 1. The number of non-ortho nitro benzene ring substituents is 1. The normalized spacial score (nSPS) is 20.8. The number of nitrogens with one attached hydrogen (secondary N) is 2. The topological polar surface area (TPSA) is 111 Å². The van der Waals surface area contributed by atoms with Crippen LogP contribution >= 0.6 is 0 Å². The number of urea groups is 1. The Balaban J connectivity index is 1.93. The molecule has 1 aliphatic carbocycles. The molecule has 1 atom stereocenters. The zero-order valence-corrected chi connectivity index (χ0v) is 13.8. The van der Waals surface area contributed by atoms with E-state index in [1.165, 1.54) is 18.2 Å². The summed E-state index contributed by atoms with van der Waals surface area (Å²) in [6, 6.07) is 4.62. The zero-order valence-electron chi connectivity index (χ0n) is 13.8. The molecule has 8 nitrogen and oxygen atoms in total. The van der Waals surface area contributed by atoms with Crippen molar-refractivity contribution in [1.29, 1.82) is 0 Å². The van der Waals surface area contributed by atoms with Crippen LogP contribution in [0.1, 0.15) is 44.2 Å². The summed E-state index contributed by atoms with van der Waals surface area (Å²) < 4.78 is 5.56. The molecule has 0 saturated heterocycles. The number of amides is 2. The lowest BCUT2D eigenvalue weighted by atomic mass is 9.95. The van der Waals surface area contributed by atoms with Crippen molar-refractivity contribution < 1.29 is 19.2 Å². The van der Waals surface area contributed by atoms with E-state index >= 15 is 0 Å². The van der Waals surface area contributed by atoms with Gasteiger partial charge in [0, 0.05) is 17.8 Å². The van der Waals surface area contributed by atoms with Crippen molar-refractivity contribution in [3.05, 3.63) is 51.2 Å². The number of rotatable bonds is 4. The smallest absolute Gasteiger partial charge is 0.338 e. The number of nitrogens with zero attached hydrogens (tertiary/aromatic N) is 1. The van der Waals surface area contributed by atoms with Crippen molar-refractivity contribution in [2.45, 2.75) is 44.8 Å². The van der Waals surface area contributed by atoms with E-state index in [1.807, 2.05) is 0 Å². The van der Waals surface area contributed by atoms with Gasteiger partial charge in [0.15, 0.2) is 0 Å². The summed E-state index contributed by atoms with van der Waals surface area (Å²) in [5, 5.41) is 16.2. The Hall–Kier alpha value is -2.90. The minimum atomic E-state index is -0.789. The van der Waals surface area contributed by atoms with E-state index in [4.69, 9.17) is 4.74 Å². The molecule has 1 saturated carbocycles. The summed E-state index contributed by atoms with van der Waals surface area (Å²) >= 11 is 0. The van der Waals surface area contributed by atoms with Crippen LogP contribution in [0.25, 0.3) is 0 Å². The summed E-state index contributed by atoms with van der Waals surface area (Å²) in [7, 11) is 0. The van der Waals surface area contributed by atoms with Gasteiger partial charge in [0.1, 0.15) is 6.10 Å². The molecular weight excluding hydrogens is 326 g/mol. The molecule has 132 valence electrons. The average molecular weight is 345 g/mol. The van der Waals surface area contributed by atoms with Gasteiger partial charge in [-0.05, 0) is 38.2 Å². The summed E-state index contributed by atoms with van der Waals surface area (Å²) in [5.74, 6) is -0.506. The maximum atomic E-state index is 12.7. The minimum Gasteiger partial charge on any atom is -0.459 e. The van der Waals surface area contributed by atoms with E-state index in [1.54, 1.807) is 13.0 Å². The molecule has 1 aromatic carbocycles. The summed E-state index contributed by atoms with van der Waals surface area (Å²) in [6.07, 6.45) is 3.60. The Bertz CT molecular complexity index is 752. The lowest BCUT2D eigenvalue weighted by molar-refractivity contribution is -0.384. The minimum absolute atomic E-state index is 0.105. The third-order valence-corrected chi connectivity index (χ3v) is 4.48. The molecule has 1 aromatic rings. The Morgan fingerprint density at radius 3 is 2.72 bits per heavy atom. The average Bonchev–Trinajstić information content (AvgIpc) is 3.07. The van der Waals surface area contributed by atoms with Crippen LogP contribution in [0.15, 0.2) is 35.5 Å². The summed E-state index contributed by atoms with van der Waals surface area (Å²) in [4.78, 5) is 35.0. The number of hydrogen-bond acceptors (Lipinski definition) is 5. The maximum Gasteiger partial charge on any atom is 0.338 e. The molecule has 1 aliphatic heterocycles. The lowest BCUT2D eigenvalue weighted by Gasteiger charge is -2.28. The van der Waals surface area contributed by atoms with Gasteiger partial charge in [-0.2, -0.15) is 0 Å². The predicted molar refractivity (Wildman–Crippen MR) is 88.6 cm³/mol. The van der Waals surface area contributed by atoms with Crippen molar-refractivity contribution in [2.75, 3.05) is 0 Å². The zero-order chi connectivity index (χ0) is 18.0. The first-order chi connectivity index (χ1) is 12.0. The third-order valence-electron chi connectivity index (χ3n) is 4.48. The van der Waals surface area contributed by atoms with Gasteiger partial charge in [0.2, 0.25) is 0 Å². The SMILES string of the molecule is CC1=C(C(=O)OC2CCCC2)C(c2cccc([N+](=O)[O-])c2)NC(=O)N1. The number of nitro groups is 1. The molecule has 0 aromatic heterocycles. The summed E-state index contributed by atoms with van der Waals surface area (Å²) in [5.41, 5.74) is 1.02. The van der Waals surface area contributed by atoms with Crippen LogP contribution in [0.3, 0.4) is 0 Å². The first-order valence-corrected chi connectivity index (χ1v) is 8.19. The highest BCUT2D eigenvalue weighted by Gasteiger charge is 2.34. The number of esters is 1. The molecule has 0 bridgehead atoms. The van der Waals surface area contributed by atoms with Gasteiger partial charge < -0.3 is 15.4 Å². The summed E-state index contributed by atoms with van der Waals surface area (Å²) in [6.45, 7) is 1.62. The monoisotopic (exact) mass is 345 g/mol. The Morgan fingerprint density at radius 2 is 2.04 bits per heavy atom. The molecule has 2 N–H and O–H groups in total. The van der Waals surface area contributed by atoms with Gasteiger partial charge in [-0.3, -0.25) is 10.1 Å². The molecule has 1 fully saturated rings. The standard InChI is InChI=1S/C17H19N3O5/c1-10-14(16(21)25-13-7-2-3-8-13)15(19-17(22)18-10)11-5-4-6-12(9-11)20(23)24/h4-6,9,13,15H,2-3,7-8H2,1H3,(H2,18,19,22). The molecular formula is C17H19N3O5. The lowest BCUT2D eigenvalue weighted by Crippen LogP contribution is -2.45. The number of benzene rings is 1. The van der Waals surface area contributed by atoms with Gasteiger partial charge in [-0.25, -0.2) is 9.59 Å². The molecule has 0 spiro atoms. The van der Waals surface area contributed by atoms with Crippen LogP contribution in [0.5, 0.6) is 0 Å². The highest BCUT2D eigenvalue weighted by Crippen LogP contribution is 2.31. The second-order valence-corrected chi connectivity index (χ2v) is 6.23. The second-order valence-electron chi connectivity index (χ2n) is 6.23. The predicted octanol–water partition coefficient (Wildman–Crippen LogP) is 2.71. The highest BCUT2D eigenvalue weighted by atomic mass is 16.6. The molecule has 1 unspecified atom stereocenters. The van der Waals surface area contributed by atoms with E-state index in [-0.39, 0.29) is 17.4 Å².